The van der Waals surface area contributed by atoms with E-state index in [0.29, 0.717) is 5.71 Å². The van der Waals surface area contributed by atoms with Gasteiger partial charge >= 0.3 is 0 Å². The molecule has 0 amide bonds. The van der Waals surface area contributed by atoms with Crippen molar-refractivity contribution in [3.05, 3.63) is 21.6 Å². The van der Waals surface area contributed by atoms with Crippen LogP contribution < -0.4 is 0 Å². The van der Waals surface area contributed by atoms with Gasteiger partial charge in [0, 0.05) is 17.9 Å². The average molecular weight is 271 g/mol. The fourth-order valence-electron chi connectivity index (χ4n) is 1.99. The normalized spacial score (nSPS) is 22.5. The lowest BCUT2D eigenvalue weighted by molar-refractivity contribution is 0.490. The summed E-state index contributed by atoms with van der Waals surface area (Å²) in [4.78, 5) is 2.78. The number of fused-ring (bicyclic) bond motifs is 1. The molecule has 8 heteroatoms. The molecule has 0 saturated heterocycles. The fraction of sp³-hybridized carbons (Fsp3) is 0.333. The smallest absolute Gasteiger partial charge is 0.291 e. The highest BCUT2D eigenvalue weighted by Gasteiger charge is 2.38. The molecule has 17 heavy (non-hydrogen) atoms. The molecule has 0 radical (unpaired) electrons. The molecular formula is C9H9N3O3S2. The molecule has 2 aliphatic heterocycles. The summed E-state index contributed by atoms with van der Waals surface area (Å²) < 4.78 is 31.4. The predicted octanol–water partition coefficient (Wildman–Crippen LogP) is 1.17. The Morgan fingerprint density at radius 1 is 1.53 bits per heavy atom. The second-order valence-corrected chi connectivity index (χ2v) is 6.23. The van der Waals surface area contributed by atoms with E-state index in [9.17, 15) is 8.42 Å². The van der Waals surface area contributed by atoms with E-state index in [1.165, 1.54) is 17.8 Å². The minimum absolute atomic E-state index is 0.0168. The third kappa shape index (κ3) is 1.55. The number of allylic oxidation sites excluding steroid dienone is 3. The molecular weight excluding hydrogens is 262 g/mol. The first-order valence-corrected chi connectivity index (χ1v) is 7.29. The summed E-state index contributed by atoms with van der Waals surface area (Å²) in [6, 6.07) is 0. The van der Waals surface area contributed by atoms with E-state index in [-0.39, 0.29) is 11.3 Å². The van der Waals surface area contributed by atoms with E-state index in [4.69, 9.17) is 4.55 Å². The third-order valence-corrected chi connectivity index (χ3v) is 4.69. The number of rotatable bonds is 2. The van der Waals surface area contributed by atoms with E-state index < -0.39 is 10.1 Å². The third-order valence-electron chi connectivity index (χ3n) is 2.75. The maximum atomic E-state index is 11.2. The first-order valence-electron chi connectivity index (χ1n) is 5.03. The largest absolute Gasteiger partial charge is 0.317 e. The van der Waals surface area contributed by atoms with Crippen LogP contribution in [0.2, 0.25) is 0 Å². The highest BCUT2D eigenvalue weighted by atomic mass is 32.2. The number of nitrogens with zero attached hydrogens (tertiary/aromatic N) is 3. The molecule has 0 saturated carbocycles. The highest BCUT2D eigenvalue weighted by Crippen LogP contribution is 2.43. The van der Waals surface area contributed by atoms with Crippen LogP contribution in [0, 0.1) is 0 Å². The Hall–Kier alpha value is -1.12. The molecule has 0 aromatic carbocycles. The van der Waals surface area contributed by atoms with E-state index in [1.807, 2.05) is 11.8 Å². The molecule has 6 nitrogen and oxygen atoms in total. The monoisotopic (exact) mass is 271 g/mol. The number of hydrogen-bond acceptors (Lipinski definition) is 6. The Kier molecular flexibility index (Phi) is 2.22. The van der Waals surface area contributed by atoms with Gasteiger partial charge in [0.15, 0.2) is 5.17 Å². The molecule has 0 atom stereocenters. The lowest BCUT2D eigenvalue weighted by atomic mass is 10.1. The molecule has 2 bridgehead atoms. The quantitative estimate of drug-likeness (QED) is 0.762. The summed E-state index contributed by atoms with van der Waals surface area (Å²) in [6.07, 6.45) is 1.61. The molecule has 1 aliphatic carbocycles. The van der Waals surface area contributed by atoms with Crippen LogP contribution in [0.25, 0.3) is 0 Å². The summed E-state index contributed by atoms with van der Waals surface area (Å²) in [5.41, 5.74) is 1.53. The number of hydrogen-bond donors (Lipinski definition) is 1. The molecule has 0 fully saturated rings. The van der Waals surface area contributed by atoms with Crippen molar-refractivity contribution >= 4 is 32.8 Å². The molecule has 1 N–H and O–H groups in total. The van der Waals surface area contributed by atoms with Gasteiger partial charge in [0.1, 0.15) is 0 Å². The second-order valence-electron chi connectivity index (χ2n) is 3.75. The minimum Gasteiger partial charge on any atom is -0.317 e. The topological polar surface area (TPSA) is 82.3 Å². The molecule has 0 spiro atoms. The molecule has 0 aromatic heterocycles. The van der Waals surface area contributed by atoms with Gasteiger partial charge in [-0.15, -0.1) is 5.10 Å². The van der Waals surface area contributed by atoms with Crippen LogP contribution in [-0.4, -0.2) is 35.3 Å². The summed E-state index contributed by atoms with van der Waals surface area (Å²) in [5.74, 6) is 0. The maximum absolute atomic E-state index is 11.2. The van der Waals surface area contributed by atoms with E-state index >= 15 is 0 Å². The fourth-order valence-corrected chi connectivity index (χ4v) is 3.79. The van der Waals surface area contributed by atoms with Gasteiger partial charge in [-0.2, -0.15) is 13.5 Å². The van der Waals surface area contributed by atoms with Crippen molar-refractivity contribution < 1.29 is 13.0 Å². The van der Waals surface area contributed by atoms with Gasteiger partial charge in [-0.1, -0.05) is 0 Å². The standard InChI is InChI=1S/C9H9N3O3S2/c1-2-12-8-6-3-5(17(13,14)15)4-7(8)16-9(12)11-10-6/h4H,2-3H2,1H3,(H,13,14,15). The molecule has 2 heterocycles. The average Bonchev–Trinajstić information content (AvgIpc) is 2.58. The van der Waals surface area contributed by atoms with E-state index in [0.717, 1.165) is 22.3 Å². The van der Waals surface area contributed by atoms with Crippen LogP contribution in [0.15, 0.2) is 31.8 Å². The van der Waals surface area contributed by atoms with Crippen LogP contribution >= 0.6 is 11.8 Å². The van der Waals surface area contributed by atoms with Gasteiger partial charge in [0.05, 0.1) is 16.3 Å². The Morgan fingerprint density at radius 2 is 2.29 bits per heavy atom. The molecule has 0 aromatic rings. The Labute approximate surface area is 103 Å². The van der Waals surface area contributed by atoms with Gasteiger partial charge in [-0.05, 0) is 24.8 Å². The Bertz CT molecular complexity index is 628. The lowest BCUT2D eigenvalue weighted by Gasteiger charge is -2.25. The van der Waals surface area contributed by atoms with Crippen molar-refractivity contribution in [3.63, 3.8) is 0 Å². The zero-order valence-corrected chi connectivity index (χ0v) is 10.5. The van der Waals surface area contributed by atoms with E-state index in [2.05, 4.69) is 10.2 Å². The van der Waals surface area contributed by atoms with Crippen molar-refractivity contribution in [2.45, 2.75) is 13.3 Å². The zero-order chi connectivity index (χ0) is 12.2. The van der Waals surface area contributed by atoms with E-state index in [1.54, 1.807) is 0 Å². The molecule has 3 aliphatic rings. The Morgan fingerprint density at radius 3 is 2.94 bits per heavy atom. The number of thioether (sulfide) groups is 1. The summed E-state index contributed by atoms with van der Waals surface area (Å²) in [6.45, 7) is 2.76. The van der Waals surface area contributed by atoms with Crippen LogP contribution in [-0.2, 0) is 10.1 Å². The van der Waals surface area contributed by atoms with Gasteiger partial charge in [0.2, 0.25) is 0 Å². The second kappa shape index (κ2) is 3.44. The van der Waals surface area contributed by atoms with Gasteiger partial charge in [-0.3, -0.25) is 4.55 Å². The van der Waals surface area contributed by atoms with Crippen molar-refractivity contribution in [2.24, 2.45) is 10.2 Å². The van der Waals surface area contributed by atoms with Gasteiger partial charge in [0.25, 0.3) is 10.1 Å². The number of amidine groups is 1. The minimum atomic E-state index is -4.15. The summed E-state index contributed by atoms with van der Waals surface area (Å²) in [7, 11) is -4.15. The SMILES string of the molecule is CCN1C2=NN=C3CC(S(=O)(=O)O)=CC(=C31)S2. The van der Waals surface area contributed by atoms with Crippen molar-refractivity contribution in [3.8, 4) is 0 Å². The zero-order valence-electron chi connectivity index (χ0n) is 8.91. The van der Waals surface area contributed by atoms with Gasteiger partial charge in [-0.25, -0.2) is 0 Å². The van der Waals surface area contributed by atoms with Crippen molar-refractivity contribution in [1.29, 1.82) is 0 Å². The molecule has 3 rings (SSSR count). The Balaban J connectivity index is 2.15. The lowest BCUT2D eigenvalue weighted by Crippen LogP contribution is -2.31. The van der Waals surface area contributed by atoms with Crippen molar-refractivity contribution in [2.75, 3.05) is 6.54 Å². The first-order chi connectivity index (χ1) is 8.00. The summed E-state index contributed by atoms with van der Waals surface area (Å²) >= 11 is 1.38. The summed E-state index contributed by atoms with van der Waals surface area (Å²) in [5, 5.41) is 8.81. The molecule has 90 valence electrons. The maximum Gasteiger partial charge on any atom is 0.291 e. The van der Waals surface area contributed by atoms with Crippen LogP contribution in [0.3, 0.4) is 0 Å². The molecule has 0 unspecified atom stereocenters. The van der Waals surface area contributed by atoms with Crippen LogP contribution in [0.4, 0.5) is 0 Å². The van der Waals surface area contributed by atoms with Crippen molar-refractivity contribution in [1.82, 2.24) is 4.90 Å². The highest BCUT2D eigenvalue weighted by molar-refractivity contribution is 8.17. The first kappa shape index (κ1) is 11.0. The van der Waals surface area contributed by atoms with Gasteiger partial charge < -0.3 is 4.90 Å². The van der Waals surface area contributed by atoms with Crippen LogP contribution in [0.5, 0.6) is 0 Å². The van der Waals surface area contributed by atoms with Crippen LogP contribution in [0.1, 0.15) is 13.3 Å². The predicted molar refractivity (Wildman–Crippen MR) is 66.1 cm³/mol.